The smallest absolute Gasteiger partial charge is 0.329 e. The first-order valence-electron chi connectivity index (χ1n) is 11.2. The second-order valence-corrected chi connectivity index (χ2v) is 10.4. The lowest BCUT2D eigenvalue weighted by Crippen LogP contribution is -2.49. The molecule has 3 heterocycles. The summed E-state index contributed by atoms with van der Waals surface area (Å²) in [5.41, 5.74) is 13.2. The molecule has 0 spiro atoms. The van der Waals surface area contributed by atoms with E-state index in [2.05, 4.69) is 20.1 Å². The van der Waals surface area contributed by atoms with Crippen molar-refractivity contribution in [3.05, 3.63) is 54.0 Å². The number of carbonyl (C=O) groups excluding carboxylic acids is 1. The van der Waals surface area contributed by atoms with Crippen LogP contribution in [0.3, 0.4) is 0 Å². The van der Waals surface area contributed by atoms with Crippen molar-refractivity contribution in [1.29, 1.82) is 0 Å². The fraction of sp³-hybridized carbons (Fsp3) is 0.261. The molecular weight excluding hydrogens is 517 g/mol. The fourth-order valence-corrected chi connectivity index (χ4v) is 5.10. The molecular formula is C23H26FN9O4S. The van der Waals surface area contributed by atoms with Gasteiger partial charge in [-0.3, -0.25) is 0 Å². The number of fused-ring (bicyclic) bond motifs is 1. The first-order valence-corrected chi connectivity index (χ1v) is 12.6. The molecule has 0 radical (unpaired) electrons. The third-order valence-corrected chi connectivity index (χ3v) is 7.68. The van der Waals surface area contributed by atoms with E-state index in [1.54, 1.807) is 36.5 Å². The SMILES string of the molecule is COC(=O)C(C)N(c1c(N)nc(-c2nn(Cc3ccccc3F)c3ncccc23)nc1N)S(=O)(=O)N(C)C. The number of pyridine rings is 1. The van der Waals surface area contributed by atoms with Gasteiger partial charge in [-0.1, -0.05) is 18.2 Å². The molecule has 1 aromatic carbocycles. The Bertz CT molecular complexity index is 1600. The van der Waals surface area contributed by atoms with Gasteiger partial charge in [-0.05, 0) is 25.1 Å². The normalized spacial score (nSPS) is 12.6. The minimum absolute atomic E-state index is 0.0121. The van der Waals surface area contributed by atoms with Gasteiger partial charge < -0.3 is 16.2 Å². The van der Waals surface area contributed by atoms with E-state index in [0.717, 1.165) is 11.4 Å². The molecule has 0 fully saturated rings. The van der Waals surface area contributed by atoms with Gasteiger partial charge in [-0.15, -0.1) is 0 Å². The molecule has 13 nitrogen and oxygen atoms in total. The summed E-state index contributed by atoms with van der Waals surface area (Å²) in [6.45, 7) is 1.40. The average molecular weight is 544 g/mol. The fourth-order valence-electron chi connectivity index (χ4n) is 3.85. The Kier molecular flexibility index (Phi) is 7.15. The van der Waals surface area contributed by atoms with Gasteiger partial charge in [0, 0.05) is 25.9 Å². The summed E-state index contributed by atoms with van der Waals surface area (Å²) in [5.74, 6) is -1.88. The molecule has 15 heteroatoms. The van der Waals surface area contributed by atoms with Gasteiger partial charge in [0.1, 0.15) is 23.2 Å². The van der Waals surface area contributed by atoms with E-state index < -0.39 is 28.0 Å². The number of esters is 1. The van der Waals surface area contributed by atoms with Crippen molar-refractivity contribution in [3.63, 3.8) is 0 Å². The largest absolute Gasteiger partial charge is 0.467 e. The predicted molar refractivity (Wildman–Crippen MR) is 139 cm³/mol. The van der Waals surface area contributed by atoms with Gasteiger partial charge in [0.05, 0.1) is 19.0 Å². The van der Waals surface area contributed by atoms with Crippen molar-refractivity contribution in [2.24, 2.45) is 0 Å². The number of methoxy groups -OCH3 is 1. The molecule has 1 unspecified atom stereocenters. The zero-order valence-corrected chi connectivity index (χ0v) is 21.8. The van der Waals surface area contributed by atoms with Crippen molar-refractivity contribution in [1.82, 2.24) is 29.0 Å². The van der Waals surface area contributed by atoms with Gasteiger partial charge in [-0.2, -0.15) is 17.8 Å². The molecule has 38 heavy (non-hydrogen) atoms. The molecule has 0 aliphatic heterocycles. The maximum Gasteiger partial charge on any atom is 0.329 e. The first kappa shape index (κ1) is 26.7. The standard InChI is InChI=1S/C23H26FN9O4S/c1-13(23(34)37-4)33(38(35,36)31(2)3)18-19(25)28-21(29-20(18)26)17-15-9-7-11-27-22(15)32(30-17)12-14-8-5-6-10-16(14)24/h5-11,13H,12H2,1-4H3,(H4,25,26,28,29). The maximum absolute atomic E-state index is 14.3. The molecule has 1 atom stereocenters. The summed E-state index contributed by atoms with van der Waals surface area (Å²) in [7, 11) is -0.576. The van der Waals surface area contributed by atoms with Crippen LogP contribution >= 0.6 is 0 Å². The van der Waals surface area contributed by atoms with Crippen LogP contribution in [0.4, 0.5) is 21.7 Å². The van der Waals surface area contributed by atoms with E-state index in [0.29, 0.717) is 20.9 Å². The van der Waals surface area contributed by atoms with E-state index in [1.165, 1.54) is 31.8 Å². The van der Waals surface area contributed by atoms with Crippen LogP contribution in [-0.2, 0) is 26.3 Å². The van der Waals surface area contributed by atoms with Crippen molar-refractivity contribution < 1.29 is 22.3 Å². The molecule has 0 saturated heterocycles. The number of aromatic nitrogens is 5. The first-order chi connectivity index (χ1) is 18.0. The molecule has 3 aromatic heterocycles. The Morgan fingerprint density at radius 2 is 1.79 bits per heavy atom. The maximum atomic E-state index is 14.3. The third kappa shape index (κ3) is 4.68. The quantitative estimate of drug-likeness (QED) is 0.309. The number of nitrogens with two attached hydrogens (primary N) is 2. The van der Waals surface area contributed by atoms with Crippen LogP contribution < -0.4 is 15.8 Å². The van der Waals surface area contributed by atoms with Gasteiger partial charge >= 0.3 is 16.2 Å². The summed E-state index contributed by atoms with van der Waals surface area (Å²) >= 11 is 0. The van der Waals surface area contributed by atoms with Crippen molar-refractivity contribution >= 4 is 44.5 Å². The van der Waals surface area contributed by atoms with E-state index in [-0.39, 0.29) is 35.4 Å². The van der Waals surface area contributed by atoms with E-state index in [4.69, 9.17) is 16.2 Å². The minimum Gasteiger partial charge on any atom is -0.467 e. The lowest BCUT2D eigenvalue weighted by molar-refractivity contribution is -0.141. The highest BCUT2D eigenvalue weighted by molar-refractivity contribution is 7.90. The Morgan fingerprint density at radius 1 is 1.13 bits per heavy atom. The summed E-state index contributed by atoms with van der Waals surface area (Å²) in [5, 5.41) is 5.08. The number of hydrogen-bond acceptors (Lipinski definition) is 10. The minimum atomic E-state index is -4.28. The number of anilines is 3. The lowest BCUT2D eigenvalue weighted by atomic mass is 10.2. The van der Waals surface area contributed by atoms with Crippen LogP contribution in [0.5, 0.6) is 0 Å². The monoisotopic (exact) mass is 543 g/mol. The molecule has 4 aromatic rings. The van der Waals surface area contributed by atoms with Crippen molar-refractivity contribution in [3.8, 4) is 11.5 Å². The number of nitrogen functional groups attached to an aromatic ring is 2. The number of rotatable bonds is 8. The molecule has 0 aliphatic carbocycles. The van der Waals surface area contributed by atoms with Crippen LogP contribution in [0.15, 0.2) is 42.6 Å². The molecule has 4 N–H and O–H groups in total. The number of halogens is 1. The van der Waals surface area contributed by atoms with Gasteiger partial charge in [0.2, 0.25) is 0 Å². The second-order valence-electron chi connectivity index (χ2n) is 8.42. The number of ether oxygens (including phenoxy) is 1. The summed E-state index contributed by atoms with van der Waals surface area (Å²) in [6.07, 6.45) is 1.57. The molecule has 0 amide bonds. The molecule has 0 saturated carbocycles. The Balaban J connectivity index is 1.87. The van der Waals surface area contributed by atoms with Crippen LogP contribution in [0, 0.1) is 5.82 Å². The Hall–Kier alpha value is -4.37. The van der Waals surface area contributed by atoms with E-state index in [9.17, 15) is 17.6 Å². The molecule has 200 valence electrons. The van der Waals surface area contributed by atoms with E-state index in [1.807, 2.05) is 0 Å². The number of nitrogens with zero attached hydrogens (tertiary/aromatic N) is 7. The number of hydrogen-bond donors (Lipinski definition) is 2. The second kappa shape index (κ2) is 10.2. The summed E-state index contributed by atoms with van der Waals surface area (Å²) in [6, 6.07) is 8.36. The van der Waals surface area contributed by atoms with Crippen LogP contribution in [0.2, 0.25) is 0 Å². The van der Waals surface area contributed by atoms with Crippen LogP contribution in [0.1, 0.15) is 12.5 Å². The van der Waals surface area contributed by atoms with Crippen LogP contribution in [0.25, 0.3) is 22.6 Å². The van der Waals surface area contributed by atoms with E-state index >= 15 is 0 Å². The Morgan fingerprint density at radius 3 is 2.39 bits per heavy atom. The third-order valence-electron chi connectivity index (χ3n) is 5.76. The lowest BCUT2D eigenvalue weighted by Gasteiger charge is -2.31. The van der Waals surface area contributed by atoms with Gasteiger partial charge in [0.25, 0.3) is 0 Å². The Labute approximate surface area is 218 Å². The van der Waals surface area contributed by atoms with Gasteiger partial charge in [-0.25, -0.2) is 33.1 Å². The van der Waals surface area contributed by atoms with Crippen LogP contribution in [-0.4, -0.2) is 70.7 Å². The predicted octanol–water partition coefficient (Wildman–Crippen LogP) is 1.41. The van der Waals surface area contributed by atoms with Crippen molar-refractivity contribution in [2.75, 3.05) is 37.0 Å². The zero-order valence-electron chi connectivity index (χ0n) is 21.0. The topological polar surface area (TPSA) is 175 Å². The van der Waals surface area contributed by atoms with Gasteiger partial charge in [0.15, 0.2) is 23.1 Å². The summed E-state index contributed by atoms with van der Waals surface area (Å²) < 4.78 is 48.5. The average Bonchev–Trinajstić information content (AvgIpc) is 3.24. The molecule has 4 rings (SSSR count). The highest BCUT2D eigenvalue weighted by Gasteiger charge is 2.38. The number of benzene rings is 1. The van der Waals surface area contributed by atoms with Crippen molar-refractivity contribution in [2.45, 2.75) is 19.5 Å². The summed E-state index contributed by atoms with van der Waals surface area (Å²) in [4.78, 5) is 25.2. The zero-order chi connectivity index (χ0) is 27.8. The highest BCUT2D eigenvalue weighted by atomic mass is 32.2. The highest BCUT2D eigenvalue weighted by Crippen LogP contribution is 2.35. The number of carbonyl (C=O) groups is 1. The molecule has 0 aliphatic rings. The molecule has 0 bridgehead atoms.